The van der Waals surface area contributed by atoms with Crippen LogP contribution in [0.5, 0.6) is 0 Å². The topological polar surface area (TPSA) is 15.3 Å². The first-order valence-electron chi connectivity index (χ1n) is 8.45. The zero-order valence-corrected chi connectivity index (χ0v) is 13.4. The Morgan fingerprint density at radius 1 is 1.05 bits per heavy atom. The second-order valence-electron chi connectivity index (χ2n) is 6.30. The van der Waals surface area contributed by atoms with Crippen molar-refractivity contribution in [1.29, 1.82) is 0 Å². The first-order valence-corrected chi connectivity index (χ1v) is 9.27. The average molecular weight is 292 g/mol. The Balaban J connectivity index is 1.36. The number of likely N-dealkylation sites (tertiary alicyclic amines) is 1. The Bertz CT molecular complexity index is 384. The summed E-state index contributed by atoms with van der Waals surface area (Å²) in [5.74, 6) is 0. The van der Waals surface area contributed by atoms with Gasteiger partial charge in [-0.05, 0) is 82.8 Å². The van der Waals surface area contributed by atoms with Crippen molar-refractivity contribution < 1.29 is 0 Å². The maximum Gasteiger partial charge on any atom is 0.0299 e. The smallest absolute Gasteiger partial charge is 0.0299 e. The first kappa shape index (κ1) is 14.6. The van der Waals surface area contributed by atoms with Gasteiger partial charge in [-0.2, -0.15) is 0 Å². The van der Waals surface area contributed by atoms with Crippen LogP contribution < -0.4 is 5.32 Å². The van der Waals surface area contributed by atoms with Gasteiger partial charge < -0.3 is 10.2 Å². The van der Waals surface area contributed by atoms with Crippen molar-refractivity contribution in [2.45, 2.75) is 57.9 Å². The van der Waals surface area contributed by atoms with E-state index in [4.69, 9.17) is 0 Å². The fraction of sp³-hybridized carbons (Fsp3) is 0.765. The predicted molar refractivity (Wildman–Crippen MR) is 87.6 cm³/mol. The number of thiophene rings is 1. The van der Waals surface area contributed by atoms with Crippen LogP contribution in [0.15, 0.2) is 6.07 Å². The van der Waals surface area contributed by atoms with Crippen molar-refractivity contribution in [1.82, 2.24) is 10.2 Å². The molecule has 20 heavy (non-hydrogen) atoms. The van der Waals surface area contributed by atoms with Gasteiger partial charge in [-0.3, -0.25) is 0 Å². The summed E-state index contributed by atoms with van der Waals surface area (Å²) in [6.07, 6.45) is 11.0. The van der Waals surface area contributed by atoms with Crippen LogP contribution in [0.2, 0.25) is 0 Å². The Morgan fingerprint density at radius 3 is 2.80 bits per heavy atom. The third kappa shape index (κ3) is 4.06. The van der Waals surface area contributed by atoms with Crippen LogP contribution in [-0.2, 0) is 19.4 Å². The molecule has 2 heterocycles. The van der Waals surface area contributed by atoms with E-state index in [-0.39, 0.29) is 0 Å². The highest BCUT2D eigenvalue weighted by Crippen LogP contribution is 2.28. The van der Waals surface area contributed by atoms with Gasteiger partial charge in [0.15, 0.2) is 0 Å². The monoisotopic (exact) mass is 292 g/mol. The molecular weight excluding hydrogens is 264 g/mol. The van der Waals surface area contributed by atoms with E-state index < -0.39 is 0 Å². The maximum atomic E-state index is 3.63. The van der Waals surface area contributed by atoms with Crippen LogP contribution in [0.4, 0.5) is 0 Å². The number of nitrogens with one attached hydrogen (secondary N) is 1. The highest BCUT2D eigenvalue weighted by molar-refractivity contribution is 7.12. The second-order valence-corrected chi connectivity index (χ2v) is 7.52. The van der Waals surface area contributed by atoms with Gasteiger partial charge in [0, 0.05) is 16.3 Å². The van der Waals surface area contributed by atoms with Gasteiger partial charge in [-0.1, -0.05) is 6.42 Å². The Kier molecular flexibility index (Phi) is 5.51. The van der Waals surface area contributed by atoms with Crippen molar-refractivity contribution in [3.8, 4) is 0 Å². The summed E-state index contributed by atoms with van der Waals surface area (Å²) < 4.78 is 0. The van der Waals surface area contributed by atoms with E-state index in [1.54, 1.807) is 15.3 Å². The molecule has 0 amide bonds. The lowest BCUT2D eigenvalue weighted by molar-refractivity contribution is 0.331. The number of hydrogen-bond acceptors (Lipinski definition) is 3. The van der Waals surface area contributed by atoms with E-state index in [1.807, 2.05) is 0 Å². The molecule has 0 radical (unpaired) electrons. The molecule has 1 aliphatic carbocycles. The number of hydrogen-bond donors (Lipinski definition) is 1. The standard InChI is InChI=1S/C17H28N2S/c1-2-7-15-13-16(20-17(15)8-3-1)14-18-9-6-12-19-10-4-5-11-19/h13,18H,1-12,14H2. The molecule has 2 aliphatic rings. The van der Waals surface area contributed by atoms with Gasteiger partial charge in [0.25, 0.3) is 0 Å². The number of fused-ring (bicyclic) bond motifs is 1. The lowest BCUT2D eigenvalue weighted by atomic mass is 10.1. The fourth-order valence-corrected chi connectivity index (χ4v) is 4.69. The summed E-state index contributed by atoms with van der Waals surface area (Å²) in [5.41, 5.74) is 1.65. The zero-order valence-electron chi connectivity index (χ0n) is 12.6. The quantitative estimate of drug-likeness (QED) is 0.637. The van der Waals surface area contributed by atoms with Crippen molar-refractivity contribution >= 4 is 11.3 Å². The molecule has 0 spiro atoms. The molecular formula is C17H28N2S. The van der Waals surface area contributed by atoms with Crippen molar-refractivity contribution in [2.75, 3.05) is 26.2 Å². The fourth-order valence-electron chi connectivity index (χ4n) is 3.46. The normalized spacial score (nSPS) is 20.0. The first-order chi connectivity index (χ1) is 9.92. The largest absolute Gasteiger partial charge is 0.312 e. The summed E-state index contributed by atoms with van der Waals surface area (Å²) >= 11 is 2.06. The minimum Gasteiger partial charge on any atom is -0.312 e. The summed E-state index contributed by atoms with van der Waals surface area (Å²) in [5, 5.41) is 3.63. The third-order valence-electron chi connectivity index (χ3n) is 4.62. The summed E-state index contributed by atoms with van der Waals surface area (Å²) in [6, 6.07) is 2.47. The summed E-state index contributed by atoms with van der Waals surface area (Å²) in [4.78, 5) is 5.84. The molecule has 0 atom stereocenters. The molecule has 3 heteroatoms. The highest BCUT2D eigenvalue weighted by Gasteiger charge is 2.12. The number of rotatable bonds is 6. The summed E-state index contributed by atoms with van der Waals surface area (Å²) in [7, 11) is 0. The molecule has 2 nitrogen and oxygen atoms in total. The van der Waals surface area contributed by atoms with Gasteiger partial charge in [-0.15, -0.1) is 11.3 Å². The molecule has 1 N–H and O–H groups in total. The van der Waals surface area contributed by atoms with E-state index in [0.717, 1.165) is 6.54 Å². The molecule has 0 saturated carbocycles. The van der Waals surface area contributed by atoms with Crippen LogP contribution in [0, 0.1) is 0 Å². The minimum atomic E-state index is 1.08. The third-order valence-corrected chi connectivity index (χ3v) is 5.86. The van der Waals surface area contributed by atoms with E-state index in [1.165, 1.54) is 77.5 Å². The Morgan fingerprint density at radius 2 is 1.90 bits per heavy atom. The molecule has 3 rings (SSSR count). The van der Waals surface area contributed by atoms with Crippen molar-refractivity contribution in [2.24, 2.45) is 0 Å². The van der Waals surface area contributed by atoms with Gasteiger partial charge >= 0.3 is 0 Å². The zero-order chi connectivity index (χ0) is 13.6. The molecule has 1 aromatic rings. The lowest BCUT2D eigenvalue weighted by Crippen LogP contribution is -2.24. The van der Waals surface area contributed by atoms with E-state index in [9.17, 15) is 0 Å². The number of aryl methyl sites for hydroxylation is 2. The molecule has 0 unspecified atom stereocenters. The second kappa shape index (κ2) is 7.58. The van der Waals surface area contributed by atoms with Crippen LogP contribution in [0.3, 0.4) is 0 Å². The molecule has 1 saturated heterocycles. The predicted octanol–water partition coefficient (Wildman–Crippen LogP) is 3.59. The molecule has 112 valence electrons. The minimum absolute atomic E-state index is 1.08. The Hall–Kier alpha value is -0.380. The maximum absolute atomic E-state index is 3.63. The van der Waals surface area contributed by atoms with Crippen molar-refractivity contribution in [3.63, 3.8) is 0 Å². The molecule has 0 aromatic carbocycles. The number of nitrogens with zero attached hydrogens (tertiary/aromatic N) is 1. The van der Waals surface area contributed by atoms with E-state index >= 15 is 0 Å². The SMILES string of the molecule is c1c(CNCCCN2CCCC2)sc2c1CCCCC2. The molecule has 1 aliphatic heterocycles. The van der Waals surface area contributed by atoms with E-state index in [0.29, 0.717) is 0 Å². The van der Waals surface area contributed by atoms with Crippen LogP contribution in [0.25, 0.3) is 0 Å². The van der Waals surface area contributed by atoms with Crippen LogP contribution >= 0.6 is 11.3 Å². The lowest BCUT2D eigenvalue weighted by Gasteiger charge is -2.14. The van der Waals surface area contributed by atoms with Gasteiger partial charge in [0.2, 0.25) is 0 Å². The molecule has 0 bridgehead atoms. The molecule has 1 fully saturated rings. The van der Waals surface area contributed by atoms with Gasteiger partial charge in [0.05, 0.1) is 0 Å². The van der Waals surface area contributed by atoms with Gasteiger partial charge in [-0.25, -0.2) is 0 Å². The molecule has 1 aromatic heterocycles. The van der Waals surface area contributed by atoms with E-state index in [2.05, 4.69) is 27.6 Å². The highest BCUT2D eigenvalue weighted by atomic mass is 32.1. The van der Waals surface area contributed by atoms with Crippen LogP contribution in [-0.4, -0.2) is 31.1 Å². The average Bonchev–Trinajstić information content (AvgIpc) is 3.05. The van der Waals surface area contributed by atoms with Crippen LogP contribution in [0.1, 0.15) is 53.8 Å². The Labute approximate surface area is 127 Å². The summed E-state index contributed by atoms with van der Waals surface area (Å²) in [6.45, 7) is 6.19. The van der Waals surface area contributed by atoms with Crippen molar-refractivity contribution in [3.05, 3.63) is 21.4 Å². The van der Waals surface area contributed by atoms with Gasteiger partial charge in [0.1, 0.15) is 0 Å².